The maximum Gasteiger partial charge on any atom is 0.0588 e. The number of benzene rings is 2. The summed E-state index contributed by atoms with van der Waals surface area (Å²) in [6, 6.07) is 13.1. The van der Waals surface area contributed by atoms with E-state index in [1.54, 1.807) is 0 Å². The van der Waals surface area contributed by atoms with Crippen LogP contribution in [0.4, 0.5) is 0 Å². The fraction of sp³-hybridized carbons (Fsp3) is 0.294. The molecule has 2 aromatic rings. The Kier molecular flexibility index (Phi) is 6.48. The van der Waals surface area contributed by atoms with Crippen molar-refractivity contribution in [3.05, 3.63) is 66.5 Å². The van der Waals surface area contributed by atoms with E-state index in [1.165, 1.54) is 16.7 Å². The molecule has 112 valence electrons. The molecule has 0 spiro atoms. The second kappa shape index (κ2) is 7.91. The van der Waals surface area contributed by atoms with Crippen LogP contribution in [-0.4, -0.2) is 6.54 Å². The van der Waals surface area contributed by atoms with Crippen molar-refractivity contribution in [2.75, 3.05) is 6.54 Å². The smallest absolute Gasteiger partial charge is 0.0588 e. The third-order valence-electron chi connectivity index (χ3n) is 3.39. The fourth-order valence-electron chi connectivity index (χ4n) is 2.23. The van der Waals surface area contributed by atoms with Gasteiger partial charge in [-0.15, -0.1) is 0 Å². The van der Waals surface area contributed by atoms with E-state index in [0.29, 0.717) is 0 Å². The van der Waals surface area contributed by atoms with Gasteiger partial charge in [-0.1, -0.05) is 66.8 Å². The zero-order chi connectivity index (χ0) is 15.4. The van der Waals surface area contributed by atoms with E-state index >= 15 is 0 Å². The predicted octanol–water partition coefficient (Wildman–Crippen LogP) is 6.37. The highest BCUT2D eigenvalue weighted by molar-refractivity contribution is 9.11. The van der Waals surface area contributed by atoms with Crippen molar-refractivity contribution < 1.29 is 0 Å². The maximum atomic E-state index is 3.72. The molecule has 0 heterocycles. The Morgan fingerprint density at radius 2 is 1.67 bits per heavy atom. The molecule has 0 saturated carbocycles. The second-order valence-corrected chi connectivity index (χ2v) is 7.69. The van der Waals surface area contributed by atoms with Crippen LogP contribution >= 0.6 is 47.8 Å². The molecule has 0 aliphatic heterocycles. The molecule has 2 aromatic carbocycles. The van der Waals surface area contributed by atoms with Gasteiger partial charge in [0.25, 0.3) is 0 Å². The van der Waals surface area contributed by atoms with Crippen molar-refractivity contribution in [3.63, 3.8) is 0 Å². The van der Waals surface area contributed by atoms with Crippen LogP contribution in [0.3, 0.4) is 0 Å². The van der Waals surface area contributed by atoms with Crippen LogP contribution in [0.15, 0.2) is 49.8 Å². The highest BCUT2D eigenvalue weighted by Gasteiger charge is 2.17. The lowest BCUT2D eigenvalue weighted by molar-refractivity contribution is 0.596. The summed E-state index contributed by atoms with van der Waals surface area (Å²) in [4.78, 5) is 0. The van der Waals surface area contributed by atoms with Crippen molar-refractivity contribution in [2.45, 2.75) is 26.3 Å². The monoisotopic (exact) mass is 473 g/mol. The molecule has 2 rings (SSSR count). The third kappa shape index (κ3) is 4.41. The molecule has 21 heavy (non-hydrogen) atoms. The molecule has 1 atom stereocenters. The zero-order valence-electron chi connectivity index (χ0n) is 12.1. The second-order valence-electron chi connectivity index (χ2n) is 5.06. The lowest BCUT2D eigenvalue weighted by Crippen LogP contribution is -2.23. The normalized spacial score (nSPS) is 12.4. The quantitative estimate of drug-likeness (QED) is 0.529. The minimum absolute atomic E-state index is 0.185. The number of hydrogen-bond donors (Lipinski definition) is 1. The minimum atomic E-state index is 0.185. The molecule has 0 amide bonds. The summed E-state index contributed by atoms with van der Waals surface area (Å²) in [6.45, 7) is 5.27. The van der Waals surface area contributed by atoms with Gasteiger partial charge in [-0.2, -0.15) is 0 Å². The standard InChI is InChI=1S/C17H18Br3N/c1-3-8-21-17(12-4-6-13(18)7-5-12)14-10-15(19)11(2)9-16(14)20/h4-7,9-10,17,21H,3,8H2,1-2H3. The number of aryl methyl sites for hydroxylation is 1. The average molecular weight is 476 g/mol. The largest absolute Gasteiger partial charge is 0.306 e. The summed E-state index contributed by atoms with van der Waals surface area (Å²) in [7, 11) is 0. The van der Waals surface area contributed by atoms with Crippen LogP contribution in [0.1, 0.15) is 36.1 Å². The number of hydrogen-bond acceptors (Lipinski definition) is 1. The first kappa shape index (κ1) is 17.2. The van der Waals surface area contributed by atoms with Crippen LogP contribution in [0, 0.1) is 6.92 Å². The SMILES string of the molecule is CCCNC(c1ccc(Br)cc1)c1cc(Br)c(C)cc1Br. The van der Waals surface area contributed by atoms with E-state index in [1.807, 2.05) is 0 Å². The Hall–Kier alpha value is -0.160. The summed E-state index contributed by atoms with van der Waals surface area (Å²) in [6.07, 6.45) is 1.11. The molecule has 0 aliphatic rings. The molecule has 0 aromatic heterocycles. The molecular formula is C17H18Br3N. The van der Waals surface area contributed by atoms with E-state index in [4.69, 9.17) is 0 Å². The highest BCUT2D eigenvalue weighted by Crippen LogP contribution is 2.33. The number of halogens is 3. The summed E-state index contributed by atoms with van der Waals surface area (Å²) in [5, 5.41) is 3.64. The van der Waals surface area contributed by atoms with Gasteiger partial charge in [-0.05, 0) is 60.8 Å². The number of nitrogens with one attached hydrogen (secondary N) is 1. The molecule has 4 heteroatoms. The fourth-order valence-corrected chi connectivity index (χ4v) is 3.55. The van der Waals surface area contributed by atoms with Crippen LogP contribution in [0.5, 0.6) is 0 Å². The molecule has 0 fully saturated rings. The first-order chi connectivity index (χ1) is 10.0. The Morgan fingerprint density at radius 3 is 2.29 bits per heavy atom. The molecule has 1 unspecified atom stereocenters. The van der Waals surface area contributed by atoms with Gasteiger partial charge in [0.1, 0.15) is 0 Å². The van der Waals surface area contributed by atoms with Gasteiger partial charge in [0, 0.05) is 13.4 Å². The summed E-state index contributed by atoms with van der Waals surface area (Å²) < 4.78 is 3.38. The first-order valence-corrected chi connectivity index (χ1v) is 9.35. The molecule has 0 radical (unpaired) electrons. The van der Waals surface area contributed by atoms with Crippen LogP contribution in [0.25, 0.3) is 0 Å². The van der Waals surface area contributed by atoms with Crippen LogP contribution in [0.2, 0.25) is 0 Å². The number of rotatable bonds is 5. The maximum absolute atomic E-state index is 3.72. The van der Waals surface area contributed by atoms with Crippen molar-refractivity contribution >= 4 is 47.8 Å². The van der Waals surface area contributed by atoms with Gasteiger partial charge in [0.15, 0.2) is 0 Å². The van der Waals surface area contributed by atoms with Crippen LogP contribution < -0.4 is 5.32 Å². The highest BCUT2D eigenvalue weighted by atomic mass is 79.9. The molecule has 0 saturated heterocycles. The molecule has 1 nitrogen and oxygen atoms in total. The van der Waals surface area contributed by atoms with Crippen molar-refractivity contribution in [1.29, 1.82) is 0 Å². The zero-order valence-corrected chi connectivity index (χ0v) is 16.8. The Balaban J connectivity index is 2.45. The first-order valence-electron chi connectivity index (χ1n) is 6.97. The topological polar surface area (TPSA) is 12.0 Å². The van der Waals surface area contributed by atoms with Crippen LogP contribution in [-0.2, 0) is 0 Å². The van der Waals surface area contributed by atoms with Crippen molar-refractivity contribution in [3.8, 4) is 0 Å². The summed E-state index contributed by atoms with van der Waals surface area (Å²) in [5.74, 6) is 0. The average Bonchev–Trinajstić information content (AvgIpc) is 2.46. The molecule has 0 bridgehead atoms. The Bertz CT molecular complexity index is 608. The van der Waals surface area contributed by atoms with E-state index in [0.717, 1.165) is 26.4 Å². The molecule has 0 aliphatic carbocycles. The van der Waals surface area contributed by atoms with E-state index < -0.39 is 0 Å². The van der Waals surface area contributed by atoms with Gasteiger partial charge in [0.2, 0.25) is 0 Å². The lowest BCUT2D eigenvalue weighted by Gasteiger charge is -2.22. The van der Waals surface area contributed by atoms with Gasteiger partial charge in [-0.25, -0.2) is 0 Å². The van der Waals surface area contributed by atoms with Crippen molar-refractivity contribution in [1.82, 2.24) is 5.32 Å². The van der Waals surface area contributed by atoms with Gasteiger partial charge < -0.3 is 5.32 Å². The molecule has 1 N–H and O–H groups in total. The third-order valence-corrected chi connectivity index (χ3v) is 5.46. The van der Waals surface area contributed by atoms with Gasteiger partial charge in [-0.3, -0.25) is 0 Å². The van der Waals surface area contributed by atoms with Gasteiger partial charge >= 0.3 is 0 Å². The van der Waals surface area contributed by atoms with E-state index in [9.17, 15) is 0 Å². The Morgan fingerprint density at radius 1 is 1.00 bits per heavy atom. The van der Waals surface area contributed by atoms with E-state index in [-0.39, 0.29) is 6.04 Å². The summed E-state index contributed by atoms with van der Waals surface area (Å²) >= 11 is 10.9. The minimum Gasteiger partial charge on any atom is -0.306 e. The predicted molar refractivity (Wildman–Crippen MR) is 101 cm³/mol. The van der Waals surface area contributed by atoms with Gasteiger partial charge in [0.05, 0.1) is 6.04 Å². The summed E-state index contributed by atoms with van der Waals surface area (Å²) in [5.41, 5.74) is 3.75. The molecular weight excluding hydrogens is 458 g/mol. The lowest BCUT2D eigenvalue weighted by atomic mass is 9.97. The van der Waals surface area contributed by atoms with Crippen molar-refractivity contribution in [2.24, 2.45) is 0 Å². The Labute approximate surface area is 151 Å². The van der Waals surface area contributed by atoms with E-state index in [2.05, 4.69) is 103 Å².